The van der Waals surface area contributed by atoms with E-state index in [1.165, 1.54) is 22.6 Å². The number of carbonyl (C=O) groups is 1. The van der Waals surface area contributed by atoms with Crippen molar-refractivity contribution in [3.63, 3.8) is 0 Å². The van der Waals surface area contributed by atoms with E-state index in [0.717, 1.165) is 12.1 Å². The average molecular weight is 332 g/mol. The highest BCUT2D eigenvalue weighted by molar-refractivity contribution is 14.1. The molecule has 0 bridgehead atoms. The number of benzene rings is 1. The minimum atomic E-state index is -5.04. The predicted octanol–water partition coefficient (Wildman–Crippen LogP) is 2.45. The van der Waals surface area contributed by atoms with Crippen LogP contribution in [0.1, 0.15) is 10.4 Å². The van der Waals surface area contributed by atoms with Crippen LogP contribution < -0.4 is 0 Å². The van der Waals surface area contributed by atoms with Gasteiger partial charge in [-0.15, -0.1) is 0 Å². The largest absolute Gasteiger partial charge is 0.507 e. The number of phenolic OH excluding ortho intramolecular Hbond substituents is 2. The molecular weight excluding hydrogens is 328 g/mol. The van der Waals surface area contributed by atoms with Crippen molar-refractivity contribution in [3.8, 4) is 11.5 Å². The second-order valence-electron chi connectivity index (χ2n) is 2.62. The van der Waals surface area contributed by atoms with E-state index < -0.39 is 23.3 Å². The van der Waals surface area contributed by atoms with Crippen LogP contribution in [0.4, 0.5) is 13.2 Å². The molecule has 1 rings (SSSR count). The Labute approximate surface area is 95.7 Å². The molecule has 0 aliphatic carbocycles. The Morgan fingerprint density at radius 1 is 1.27 bits per heavy atom. The number of carbonyl (C=O) groups excluding carboxylic acids is 1. The van der Waals surface area contributed by atoms with E-state index in [9.17, 15) is 23.1 Å². The highest BCUT2D eigenvalue weighted by Gasteiger charge is 2.41. The van der Waals surface area contributed by atoms with Crippen LogP contribution in [0.25, 0.3) is 0 Å². The number of hydrogen-bond donors (Lipinski definition) is 2. The maximum Gasteiger partial charge on any atom is 0.455 e. The molecule has 0 heterocycles. The first-order valence-electron chi connectivity index (χ1n) is 3.57. The van der Waals surface area contributed by atoms with Gasteiger partial charge in [-0.05, 0) is 34.7 Å². The first-order valence-corrected chi connectivity index (χ1v) is 4.65. The molecule has 7 heteroatoms. The minimum Gasteiger partial charge on any atom is -0.507 e. The van der Waals surface area contributed by atoms with E-state index in [2.05, 4.69) is 0 Å². The maximum atomic E-state index is 12.0. The molecule has 0 aliphatic heterocycles. The number of ketones is 1. The quantitative estimate of drug-likeness (QED) is 0.614. The van der Waals surface area contributed by atoms with Gasteiger partial charge in [0.1, 0.15) is 11.5 Å². The summed E-state index contributed by atoms with van der Waals surface area (Å²) in [5.74, 6) is -3.39. The van der Waals surface area contributed by atoms with E-state index in [0.29, 0.717) is 0 Å². The number of Topliss-reactive ketones (excluding diaryl/α,β-unsaturated/α-hetero) is 1. The summed E-state index contributed by atoms with van der Waals surface area (Å²) in [6, 6.07) is 1.64. The van der Waals surface area contributed by atoms with E-state index in [1.54, 1.807) is 0 Å². The van der Waals surface area contributed by atoms with Gasteiger partial charge >= 0.3 is 6.18 Å². The molecule has 0 unspecified atom stereocenters. The van der Waals surface area contributed by atoms with Gasteiger partial charge < -0.3 is 10.2 Å². The molecule has 2 N–H and O–H groups in total. The number of alkyl halides is 3. The van der Waals surface area contributed by atoms with Crippen LogP contribution in [0.15, 0.2) is 12.1 Å². The summed E-state index contributed by atoms with van der Waals surface area (Å²) < 4.78 is 35.9. The van der Waals surface area contributed by atoms with Crippen LogP contribution in [0.3, 0.4) is 0 Å². The van der Waals surface area contributed by atoms with Crippen LogP contribution in [0, 0.1) is 3.57 Å². The van der Waals surface area contributed by atoms with Gasteiger partial charge in [0.05, 0.1) is 9.13 Å². The lowest BCUT2D eigenvalue weighted by Gasteiger charge is -2.08. The van der Waals surface area contributed by atoms with Gasteiger partial charge in [-0.2, -0.15) is 13.2 Å². The lowest BCUT2D eigenvalue weighted by molar-refractivity contribution is -0.0886. The molecule has 0 fully saturated rings. The lowest BCUT2D eigenvalue weighted by Crippen LogP contribution is -2.22. The van der Waals surface area contributed by atoms with Crippen LogP contribution in [-0.2, 0) is 0 Å². The fourth-order valence-corrected chi connectivity index (χ4v) is 1.36. The Morgan fingerprint density at radius 3 is 2.27 bits per heavy atom. The zero-order valence-corrected chi connectivity index (χ0v) is 9.13. The van der Waals surface area contributed by atoms with E-state index in [4.69, 9.17) is 5.11 Å². The highest BCUT2D eigenvalue weighted by Crippen LogP contribution is 2.34. The van der Waals surface area contributed by atoms with Gasteiger partial charge in [-0.3, -0.25) is 4.79 Å². The molecule has 0 aliphatic rings. The van der Waals surface area contributed by atoms with Crippen molar-refractivity contribution in [2.45, 2.75) is 6.18 Å². The fourth-order valence-electron chi connectivity index (χ4n) is 0.890. The number of aromatic hydroxyl groups is 2. The van der Waals surface area contributed by atoms with Gasteiger partial charge in [-0.1, -0.05) is 0 Å². The molecule has 3 nitrogen and oxygen atoms in total. The van der Waals surface area contributed by atoms with Crippen molar-refractivity contribution in [1.82, 2.24) is 0 Å². The van der Waals surface area contributed by atoms with Crippen molar-refractivity contribution in [2.75, 3.05) is 0 Å². The Hall–Kier alpha value is -0.990. The Kier molecular flexibility index (Phi) is 3.12. The summed E-state index contributed by atoms with van der Waals surface area (Å²) in [4.78, 5) is 10.8. The lowest BCUT2D eigenvalue weighted by atomic mass is 10.1. The molecule has 0 aromatic heterocycles. The predicted molar refractivity (Wildman–Crippen MR) is 52.9 cm³/mol. The molecular formula is C8H4F3IO3. The summed E-state index contributed by atoms with van der Waals surface area (Å²) >= 11 is 1.44. The summed E-state index contributed by atoms with van der Waals surface area (Å²) in [6.07, 6.45) is -5.04. The summed E-state index contributed by atoms with van der Waals surface area (Å²) in [7, 11) is 0. The molecule has 15 heavy (non-hydrogen) atoms. The third-order valence-electron chi connectivity index (χ3n) is 1.60. The molecule has 0 saturated heterocycles. The summed E-state index contributed by atoms with van der Waals surface area (Å²) in [5.41, 5.74) is -0.871. The minimum absolute atomic E-state index is 0.192. The van der Waals surface area contributed by atoms with E-state index >= 15 is 0 Å². The Balaban J connectivity index is 3.29. The molecule has 0 amide bonds. The van der Waals surface area contributed by atoms with Gasteiger partial charge in [0.2, 0.25) is 0 Å². The topological polar surface area (TPSA) is 57.5 Å². The highest BCUT2D eigenvalue weighted by atomic mass is 127. The number of hydrogen-bond acceptors (Lipinski definition) is 3. The first-order chi connectivity index (χ1) is 6.75. The second-order valence-corrected chi connectivity index (χ2v) is 3.70. The van der Waals surface area contributed by atoms with Crippen molar-refractivity contribution >= 4 is 28.4 Å². The number of phenols is 2. The molecule has 0 spiro atoms. The molecule has 0 atom stereocenters. The van der Waals surface area contributed by atoms with Crippen molar-refractivity contribution < 1.29 is 28.2 Å². The average Bonchev–Trinajstić information content (AvgIpc) is 2.12. The second kappa shape index (κ2) is 3.87. The molecule has 82 valence electrons. The van der Waals surface area contributed by atoms with Gasteiger partial charge in [0, 0.05) is 0 Å². The SMILES string of the molecule is O=C(c1ccc(O)c(I)c1O)C(F)(F)F. The molecule has 0 saturated carbocycles. The first kappa shape index (κ1) is 12.1. The molecule has 1 aromatic rings. The fraction of sp³-hybridized carbons (Fsp3) is 0.125. The zero-order valence-electron chi connectivity index (χ0n) is 6.97. The van der Waals surface area contributed by atoms with Crippen LogP contribution in [0.2, 0.25) is 0 Å². The standard InChI is InChI=1S/C8H4F3IO3/c9-8(10,11)7(15)3-1-2-4(13)5(12)6(3)14/h1-2,13-14H. The normalized spacial score (nSPS) is 11.5. The van der Waals surface area contributed by atoms with Crippen LogP contribution in [0.5, 0.6) is 11.5 Å². The summed E-state index contributed by atoms with van der Waals surface area (Å²) in [5, 5.41) is 18.3. The van der Waals surface area contributed by atoms with E-state index in [-0.39, 0.29) is 9.32 Å². The summed E-state index contributed by atoms with van der Waals surface area (Å²) in [6.45, 7) is 0. The Morgan fingerprint density at radius 2 is 1.80 bits per heavy atom. The van der Waals surface area contributed by atoms with Gasteiger partial charge in [-0.25, -0.2) is 0 Å². The van der Waals surface area contributed by atoms with Crippen LogP contribution in [-0.4, -0.2) is 22.2 Å². The molecule has 1 aromatic carbocycles. The van der Waals surface area contributed by atoms with E-state index in [1.807, 2.05) is 0 Å². The monoisotopic (exact) mass is 332 g/mol. The van der Waals surface area contributed by atoms with Crippen LogP contribution >= 0.6 is 22.6 Å². The number of halogens is 4. The van der Waals surface area contributed by atoms with Crippen molar-refractivity contribution in [3.05, 3.63) is 21.3 Å². The van der Waals surface area contributed by atoms with Crippen molar-refractivity contribution in [2.24, 2.45) is 0 Å². The maximum absolute atomic E-state index is 12.0. The third-order valence-corrected chi connectivity index (χ3v) is 2.66. The van der Waals surface area contributed by atoms with Crippen molar-refractivity contribution in [1.29, 1.82) is 0 Å². The Bertz CT molecular complexity index is 414. The molecule has 0 radical (unpaired) electrons. The smallest absolute Gasteiger partial charge is 0.455 e. The zero-order chi connectivity index (χ0) is 11.8. The number of rotatable bonds is 1. The van der Waals surface area contributed by atoms with Gasteiger partial charge in [0.25, 0.3) is 5.78 Å². The third kappa shape index (κ3) is 2.33. The van der Waals surface area contributed by atoms with Gasteiger partial charge in [0.15, 0.2) is 0 Å².